The topological polar surface area (TPSA) is 57.6 Å². The lowest BCUT2D eigenvalue weighted by Crippen LogP contribution is -2.48. The van der Waals surface area contributed by atoms with E-state index in [-0.39, 0.29) is 28.7 Å². The van der Waals surface area contributed by atoms with Gasteiger partial charge in [0.2, 0.25) is 5.91 Å². The van der Waals surface area contributed by atoms with Crippen molar-refractivity contribution in [2.24, 2.45) is 23.2 Å². The van der Waals surface area contributed by atoms with Gasteiger partial charge in [0, 0.05) is 29.1 Å². The summed E-state index contributed by atoms with van der Waals surface area (Å²) in [4.78, 5) is 27.0. The molecule has 0 radical (unpaired) electrons. The summed E-state index contributed by atoms with van der Waals surface area (Å²) in [5, 5.41) is 10.3. The molecule has 35 heavy (non-hydrogen) atoms. The smallest absolute Gasteiger partial charge is 0.306 e. The molecule has 4 nitrogen and oxygen atoms in total. The lowest BCUT2D eigenvalue weighted by molar-refractivity contribution is -0.142. The molecule has 4 rings (SSSR count). The van der Waals surface area contributed by atoms with Gasteiger partial charge in [0.25, 0.3) is 0 Å². The average Bonchev–Trinajstić information content (AvgIpc) is 3.27. The van der Waals surface area contributed by atoms with Crippen LogP contribution < -0.4 is 0 Å². The van der Waals surface area contributed by atoms with Crippen molar-refractivity contribution in [2.45, 2.75) is 104 Å². The summed E-state index contributed by atoms with van der Waals surface area (Å²) in [6, 6.07) is 6.52. The van der Waals surface area contributed by atoms with E-state index in [2.05, 4.69) is 59.0 Å². The molecule has 1 N–H and O–H groups in total. The maximum absolute atomic E-state index is 13.6. The molecule has 0 spiro atoms. The monoisotopic (exact) mass is 499 g/mol. The van der Waals surface area contributed by atoms with Crippen LogP contribution in [0.1, 0.15) is 97.1 Å². The number of allylic oxidation sites excluding steroid dienone is 1. The number of halogens is 1. The molecule has 1 aromatic rings. The summed E-state index contributed by atoms with van der Waals surface area (Å²) in [6.45, 7) is 11.3. The number of aryl methyl sites for hydroxylation is 1. The largest absolute Gasteiger partial charge is 0.481 e. The number of fused-ring (bicyclic) bond motifs is 1. The van der Waals surface area contributed by atoms with Gasteiger partial charge in [0.05, 0.1) is 5.92 Å². The minimum Gasteiger partial charge on any atom is -0.481 e. The van der Waals surface area contributed by atoms with Crippen LogP contribution in [0.2, 0.25) is 5.02 Å². The van der Waals surface area contributed by atoms with Crippen LogP contribution >= 0.6 is 11.6 Å². The molecule has 3 aliphatic rings. The Bertz CT molecular complexity index is 1010. The van der Waals surface area contributed by atoms with Crippen molar-refractivity contribution >= 4 is 23.5 Å². The minimum absolute atomic E-state index is 0.00288. The van der Waals surface area contributed by atoms with Crippen molar-refractivity contribution in [3.05, 3.63) is 46.1 Å². The molecule has 2 saturated carbocycles. The Morgan fingerprint density at radius 1 is 1.23 bits per heavy atom. The predicted octanol–water partition coefficient (Wildman–Crippen LogP) is 7.38. The highest BCUT2D eigenvalue weighted by atomic mass is 35.5. The fourth-order valence-electron chi connectivity index (χ4n) is 6.44. The lowest BCUT2D eigenvalue weighted by Gasteiger charge is -2.48. The van der Waals surface area contributed by atoms with Crippen LogP contribution in [0.15, 0.2) is 30.0 Å². The first-order valence-electron chi connectivity index (χ1n) is 13.4. The van der Waals surface area contributed by atoms with E-state index in [0.29, 0.717) is 31.1 Å². The third kappa shape index (κ3) is 5.48. The molecule has 4 atom stereocenters. The first-order chi connectivity index (χ1) is 16.4. The van der Waals surface area contributed by atoms with Gasteiger partial charge in [-0.2, -0.15) is 0 Å². The molecule has 0 saturated heterocycles. The first-order valence-corrected chi connectivity index (χ1v) is 13.8. The van der Waals surface area contributed by atoms with Crippen molar-refractivity contribution in [1.29, 1.82) is 0 Å². The second-order valence-electron chi connectivity index (χ2n) is 12.8. The summed E-state index contributed by atoms with van der Waals surface area (Å²) in [5.41, 5.74) is 3.64. The highest BCUT2D eigenvalue weighted by Gasteiger charge is 2.48. The van der Waals surface area contributed by atoms with Gasteiger partial charge in [-0.25, -0.2) is 0 Å². The van der Waals surface area contributed by atoms with E-state index in [1.54, 1.807) is 0 Å². The maximum atomic E-state index is 13.6. The van der Waals surface area contributed by atoms with Gasteiger partial charge < -0.3 is 10.0 Å². The van der Waals surface area contributed by atoms with Gasteiger partial charge in [-0.15, -0.1) is 0 Å². The zero-order chi connectivity index (χ0) is 25.5. The number of nitrogens with zero attached hydrogens (tertiary/aromatic N) is 1. The molecule has 1 aromatic carbocycles. The number of hydrogen-bond donors (Lipinski definition) is 1. The molecular weight excluding hydrogens is 458 g/mol. The van der Waals surface area contributed by atoms with Gasteiger partial charge in [0.15, 0.2) is 0 Å². The molecule has 1 aliphatic heterocycles. The maximum Gasteiger partial charge on any atom is 0.306 e. The molecule has 5 heteroatoms. The van der Waals surface area contributed by atoms with Gasteiger partial charge in [0.1, 0.15) is 0 Å². The standard InChI is InChI=1S/C30H42ClNO3/c1-19(2)21-11-13-30(23-8-6-20(26(31)16-23)10-12-29(3,4)5)17-27(33)32(18-24(30)14-21)25-9-7-22(15-25)28(34)35/h6,8,16,18-19,21-22,25H,7,9-15,17H2,1-5H3,(H,34,35)/t21?,22-,25+,30-/m1/s1. The fraction of sp³-hybridized carbons (Fsp3) is 0.667. The number of carboxylic acid groups (broad SMARTS) is 1. The molecule has 0 bridgehead atoms. The Labute approximate surface area is 216 Å². The second-order valence-corrected chi connectivity index (χ2v) is 13.2. The molecular formula is C30H42ClNO3. The highest BCUT2D eigenvalue weighted by molar-refractivity contribution is 6.31. The van der Waals surface area contributed by atoms with Crippen molar-refractivity contribution in [2.75, 3.05) is 0 Å². The molecule has 1 unspecified atom stereocenters. The quantitative estimate of drug-likeness (QED) is 0.444. The van der Waals surface area contributed by atoms with Crippen molar-refractivity contribution in [3.63, 3.8) is 0 Å². The van der Waals surface area contributed by atoms with Crippen LogP contribution in [0, 0.1) is 23.2 Å². The van der Waals surface area contributed by atoms with Crippen LogP contribution in [-0.4, -0.2) is 27.9 Å². The normalized spacial score (nSPS) is 29.3. The summed E-state index contributed by atoms with van der Waals surface area (Å²) < 4.78 is 0. The number of carbonyl (C=O) groups excluding carboxylic acids is 1. The van der Waals surface area contributed by atoms with Crippen LogP contribution in [0.4, 0.5) is 0 Å². The molecule has 1 heterocycles. The minimum atomic E-state index is -0.738. The summed E-state index contributed by atoms with van der Waals surface area (Å²) in [6.07, 6.45) is 9.63. The number of rotatable bonds is 6. The number of hydrogen-bond acceptors (Lipinski definition) is 2. The van der Waals surface area contributed by atoms with E-state index in [0.717, 1.165) is 43.5 Å². The fourth-order valence-corrected chi connectivity index (χ4v) is 6.72. The molecule has 0 aromatic heterocycles. The van der Waals surface area contributed by atoms with E-state index < -0.39 is 5.97 Å². The van der Waals surface area contributed by atoms with E-state index in [1.807, 2.05) is 4.90 Å². The predicted molar refractivity (Wildman–Crippen MR) is 141 cm³/mol. The van der Waals surface area contributed by atoms with E-state index in [9.17, 15) is 14.7 Å². The van der Waals surface area contributed by atoms with Gasteiger partial charge in [-0.3, -0.25) is 9.59 Å². The number of carboxylic acids is 1. The SMILES string of the molecule is CC(C)C1CC[C@]2(c3ccc(CCC(C)(C)C)c(Cl)c3)CC(=O)N([C@H]3CC[C@@H](C(=O)O)C3)C=C2C1. The number of amides is 1. The summed E-state index contributed by atoms with van der Waals surface area (Å²) in [5.74, 6) is 0.234. The van der Waals surface area contributed by atoms with Crippen molar-refractivity contribution < 1.29 is 14.7 Å². The lowest BCUT2D eigenvalue weighted by atomic mass is 9.59. The van der Waals surface area contributed by atoms with Crippen LogP contribution in [0.3, 0.4) is 0 Å². The van der Waals surface area contributed by atoms with Gasteiger partial charge >= 0.3 is 5.97 Å². The van der Waals surface area contributed by atoms with Crippen LogP contribution in [-0.2, 0) is 21.4 Å². The number of benzene rings is 1. The van der Waals surface area contributed by atoms with Crippen molar-refractivity contribution in [3.8, 4) is 0 Å². The average molecular weight is 500 g/mol. The summed E-state index contributed by atoms with van der Waals surface area (Å²) >= 11 is 6.83. The molecule has 192 valence electrons. The van der Waals surface area contributed by atoms with E-state index in [4.69, 9.17) is 11.6 Å². The van der Waals surface area contributed by atoms with Crippen LogP contribution in [0.25, 0.3) is 0 Å². The van der Waals surface area contributed by atoms with Crippen LogP contribution in [0.5, 0.6) is 0 Å². The third-order valence-corrected chi connectivity index (χ3v) is 9.27. The summed E-state index contributed by atoms with van der Waals surface area (Å²) in [7, 11) is 0. The first kappa shape index (κ1) is 26.3. The Kier molecular flexibility index (Phi) is 7.44. The van der Waals surface area contributed by atoms with Gasteiger partial charge in [-0.1, -0.05) is 58.4 Å². The third-order valence-electron chi connectivity index (χ3n) is 8.91. The molecule has 1 amide bonds. The Balaban J connectivity index is 1.67. The Morgan fingerprint density at radius 3 is 2.57 bits per heavy atom. The van der Waals surface area contributed by atoms with Crippen molar-refractivity contribution in [1.82, 2.24) is 4.90 Å². The highest BCUT2D eigenvalue weighted by Crippen LogP contribution is 2.52. The molecule has 2 aliphatic carbocycles. The van der Waals surface area contributed by atoms with Gasteiger partial charge in [-0.05, 0) is 91.4 Å². The Morgan fingerprint density at radius 2 is 1.97 bits per heavy atom. The Hall–Kier alpha value is -1.81. The number of carbonyl (C=O) groups is 2. The second kappa shape index (κ2) is 9.92. The number of aliphatic carboxylic acids is 1. The van der Waals surface area contributed by atoms with E-state index in [1.165, 1.54) is 16.7 Å². The molecule has 2 fully saturated rings. The zero-order valence-corrected chi connectivity index (χ0v) is 22.8. The zero-order valence-electron chi connectivity index (χ0n) is 22.1. The van der Waals surface area contributed by atoms with E-state index >= 15 is 0 Å².